The average molecular weight is 350 g/mol. The lowest BCUT2D eigenvalue weighted by Crippen LogP contribution is -2.28. The summed E-state index contributed by atoms with van der Waals surface area (Å²) in [6.45, 7) is 1.76. The van der Waals surface area contributed by atoms with Crippen molar-refractivity contribution in [2.45, 2.75) is 37.5 Å². The molecule has 1 aromatic rings. The van der Waals surface area contributed by atoms with Crippen LogP contribution in [-0.2, 0) is 6.18 Å². The Balaban J connectivity index is 1.74. The minimum Gasteiger partial charge on any atom is -0.365 e. The van der Waals surface area contributed by atoms with Crippen LogP contribution in [-0.4, -0.2) is 35.1 Å². The molecule has 2 heterocycles. The molecule has 20 heavy (non-hydrogen) atoms. The lowest BCUT2D eigenvalue weighted by atomic mass is 10.2. The van der Waals surface area contributed by atoms with Gasteiger partial charge in [0.25, 0.3) is 0 Å². The van der Waals surface area contributed by atoms with Crippen molar-refractivity contribution in [1.29, 1.82) is 0 Å². The smallest absolute Gasteiger partial charge is 0.365 e. The molecule has 1 aliphatic heterocycles. The predicted molar refractivity (Wildman–Crippen MR) is 73.6 cm³/mol. The summed E-state index contributed by atoms with van der Waals surface area (Å²) in [5.41, 5.74) is -0.711. The number of halogens is 4. The Morgan fingerprint density at radius 1 is 1.30 bits per heavy atom. The second-order valence-corrected chi connectivity index (χ2v) is 6.32. The Labute approximate surface area is 123 Å². The van der Waals surface area contributed by atoms with Crippen LogP contribution in [0.5, 0.6) is 0 Å². The van der Waals surface area contributed by atoms with Crippen molar-refractivity contribution >= 4 is 21.7 Å². The molecule has 1 aliphatic carbocycles. The summed E-state index contributed by atoms with van der Waals surface area (Å²) in [5, 5.41) is 2.96. The highest BCUT2D eigenvalue weighted by molar-refractivity contribution is 9.10. The first-order chi connectivity index (χ1) is 9.43. The Morgan fingerprint density at radius 2 is 2.05 bits per heavy atom. The molecule has 0 amide bonds. The van der Waals surface area contributed by atoms with Crippen LogP contribution in [0.15, 0.2) is 16.7 Å². The molecule has 110 valence electrons. The van der Waals surface area contributed by atoms with Gasteiger partial charge in [-0.1, -0.05) is 0 Å². The van der Waals surface area contributed by atoms with Crippen LogP contribution in [0.25, 0.3) is 0 Å². The lowest BCUT2D eigenvalue weighted by molar-refractivity contribution is -0.137. The third-order valence-corrected chi connectivity index (χ3v) is 4.22. The minimum absolute atomic E-state index is 0.0466. The minimum atomic E-state index is -4.39. The Bertz CT molecular complexity index is 502. The van der Waals surface area contributed by atoms with Crippen molar-refractivity contribution in [1.82, 2.24) is 9.88 Å². The summed E-state index contributed by atoms with van der Waals surface area (Å²) < 4.78 is 39.4. The van der Waals surface area contributed by atoms with E-state index < -0.39 is 11.7 Å². The van der Waals surface area contributed by atoms with Crippen molar-refractivity contribution in [3.8, 4) is 0 Å². The van der Waals surface area contributed by atoms with Crippen LogP contribution in [0.1, 0.15) is 24.8 Å². The summed E-state index contributed by atoms with van der Waals surface area (Å²) in [6.07, 6.45) is 0.304. The highest BCUT2D eigenvalue weighted by atomic mass is 79.9. The molecule has 0 aromatic carbocycles. The van der Waals surface area contributed by atoms with Crippen LogP contribution >= 0.6 is 15.9 Å². The van der Waals surface area contributed by atoms with E-state index in [1.807, 2.05) is 0 Å². The van der Waals surface area contributed by atoms with Gasteiger partial charge in [-0.05, 0) is 41.3 Å². The van der Waals surface area contributed by atoms with E-state index in [4.69, 9.17) is 0 Å². The molecular weight excluding hydrogens is 335 g/mol. The van der Waals surface area contributed by atoms with Crippen LogP contribution in [0.4, 0.5) is 19.0 Å². The predicted octanol–water partition coefficient (Wildman–Crippen LogP) is 3.51. The zero-order chi connectivity index (χ0) is 14.3. The molecule has 3 nitrogen and oxygen atoms in total. The van der Waals surface area contributed by atoms with Gasteiger partial charge >= 0.3 is 6.18 Å². The van der Waals surface area contributed by atoms with Gasteiger partial charge in [0.15, 0.2) is 0 Å². The summed E-state index contributed by atoms with van der Waals surface area (Å²) in [7, 11) is 0. The molecule has 1 N–H and O–H groups in total. The second kappa shape index (κ2) is 5.18. The van der Waals surface area contributed by atoms with E-state index in [1.54, 1.807) is 0 Å². The maximum Gasteiger partial charge on any atom is 0.419 e. The van der Waals surface area contributed by atoms with Crippen LogP contribution in [0.3, 0.4) is 0 Å². The van der Waals surface area contributed by atoms with Gasteiger partial charge < -0.3 is 5.32 Å². The SMILES string of the molecule is FC(F)(F)c1cc(Br)cnc1NC1CCN(C2CC2)C1. The average Bonchev–Trinajstić information content (AvgIpc) is 3.11. The van der Waals surface area contributed by atoms with Crippen molar-refractivity contribution in [3.63, 3.8) is 0 Å². The van der Waals surface area contributed by atoms with Crippen molar-refractivity contribution in [2.24, 2.45) is 0 Å². The summed E-state index contributed by atoms with van der Waals surface area (Å²) in [6, 6.07) is 1.77. The van der Waals surface area contributed by atoms with E-state index in [1.165, 1.54) is 19.0 Å². The molecule has 7 heteroatoms. The molecule has 1 aromatic heterocycles. The molecule has 1 saturated heterocycles. The number of alkyl halides is 3. The topological polar surface area (TPSA) is 28.2 Å². The van der Waals surface area contributed by atoms with E-state index in [0.29, 0.717) is 10.5 Å². The molecule has 1 atom stereocenters. The largest absolute Gasteiger partial charge is 0.419 e. The lowest BCUT2D eigenvalue weighted by Gasteiger charge is -2.19. The van der Waals surface area contributed by atoms with Gasteiger partial charge in [0, 0.05) is 35.8 Å². The van der Waals surface area contributed by atoms with Gasteiger partial charge in [0.05, 0.1) is 5.56 Å². The second-order valence-electron chi connectivity index (χ2n) is 5.40. The number of hydrogen-bond donors (Lipinski definition) is 1. The van der Waals surface area contributed by atoms with Gasteiger partial charge in [0.2, 0.25) is 0 Å². The quantitative estimate of drug-likeness (QED) is 0.904. The molecule has 0 spiro atoms. The molecule has 3 rings (SSSR count). The zero-order valence-corrected chi connectivity index (χ0v) is 12.3. The third kappa shape index (κ3) is 3.09. The number of nitrogens with zero attached hydrogens (tertiary/aromatic N) is 2. The van der Waals surface area contributed by atoms with Crippen molar-refractivity contribution in [3.05, 3.63) is 22.3 Å². The Kier molecular flexibility index (Phi) is 3.66. The maximum absolute atomic E-state index is 13.0. The van der Waals surface area contributed by atoms with Crippen LogP contribution in [0.2, 0.25) is 0 Å². The van der Waals surface area contributed by atoms with E-state index in [9.17, 15) is 13.2 Å². The van der Waals surface area contributed by atoms with Gasteiger partial charge in [0.1, 0.15) is 5.82 Å². The van der Waals surface area contributed by atoms with Gasteiger partial charge in [-0.3, -0.25) is 4.90 Å². The molecular formula is C13H15BrF3N3. The van der Waals surface area contributed by atoms with E-state index in [-0.39, 0.29) is 11.9 Å². The first-order valence-electron chi connectivity index (χ1n) is 6.67. The molecule has 2 fully saturated rings. The first kappa shape index (κ1) is 14.1. The first-order valence-corrected chi connectivity index (χ1v) is 7.46. The fraction of sp³-hybridized carbons (Fsp3) is 0.615. The highest BCUT2D eigenvalue weighted by Crippen LogP contribution is 2.36. The molecule has 0 bridgehead atoms. The maximum atomic E-state index is 13.0. The summed E-state index contributed by atoms with van der Waals surface area (Å²) >= 11 is 3.04. The molecule has 0 radical (unpaired) electrons. The van der Waals surface area contributed by atoms with Crippen LogP contribution in [0, 0.1) is 0 Å². The normalized spacial score (nSPS) is 24.1. The number of likely N-dealkylation sites (tertiary alicyclic amines) is 1. The number of hydrogen-bond acceptors (Lipinski definition) is 3. The number of aromatic nitrogens is 1. The number of anilines is 1. The molecule has 1 unspecified atom stereocenters. The van der Waals surface area contributed by atoms with E-state index in [2.05, 4.69) is 31.1 Å². The summed E-state index contributed by atoms with van der Waals surface area (Å²) in [4.78, 5) is 6.25. The monoisotopic (exact) mass is 349 g/mol. The van der Waals surface area contributed by atoms with Crippen molar-refractivity contribution < 1.29 is 13.2 Å². The standard InChI is InChI=1S/C13H15BrF3N3/c14-8-5-11(13(15,16)17)12(18-6-8)19-9-3-4-20(7-9)10-1-2-10/h5-6,9-10H,1-4,7H2,(H,18,19). The number of nitrogens with one attached hydrogen (secondary N) is 1. The van der Waals surface area contributed by atoms with Crippen LogP contribution < -0.4 is 5.32 Å². The summed E-state index contributed by atoms with van der Waals surface area (Å²) in [5.74, 6) is -0.0663. The highest BCUT2D eigenvalue weighted by Gasteiger charge is 2.37. The number of pyridine rings is 1. The van der Waals surface area contributed by atoms with Gasteiger partial charge in [-0.2, -0.15) is 13.2 Å². The number of rotatable bonds is 3. The molecule has 1 saturated carbocycles. The zero-order valence-electron chi connectivity index (χ0n) is 10.8. The van der Waals surface area contributed by atoms with E-state index in [0.717, 1.165) is 25.6 Å². The Morgan fingerprint density at radius 3 is 2.70 bits per heavy atom. The van der Waals surface area contributed by atoms with Crippen molar-refractivity contribution in [2.75, 3.05) is 18.4 Å². The van der Waals surface area contributed by atoms with Gasteiger partial charge in [-0.25, -0.2) is 4.98 Å². The van der Waals surface area contributed by atoms with E-state index >= 15 is 0 Å². The fourth-order valence-corrected chi connectivity index (χ4v) is 2.97. The van der Waals surface area contributed by atoms with Gasteiger partial charge in [-0.15, -0.1) is 0 Å². The molecule has 2 aliphatic rings. The third-order valence-electron chi connectivity index (χ3n) is 3.78. The fourth-order valence-electron chi connectivity index (χ4n) is 2.64. The Hall–Kier alpha value is -0.820.